The lowest BCUT2D eigenvalue weighted by Gasteiger charge is -2.09. The van der Waals surface area contributed by atoms with Crippen molar-refractivity contribution in [3.63, 3.8) is 0 Å². The van der Waals surface area contributed by atoms with Crippen LogP contribution in [0.25, 0.3) is 11.4 Å². The Kier molecular flexibility index (Phi) is 3.78. The molecule has 7 heteroatoms. The first kappa shape index (κ1) is 14.1. The van der Waals surface area contributed by atoms with Gasteiger partial charge in [0, 0.05) is 17.3 Å². The highest BCUT2D eigenvalue weighted by atomic mass is 19.4. The molecule has 1 aromatic carbocycles. The average molecular weight is 283 g/mol. The molecule has 0 aliphatic rings. The van der Waals surface area contributed by atoms with Crippen molar-refractivity contribution < 1.29 is 17.9 Å². The second-order valence-electron chi connectivity index (χ2n) is 4.03. The molecule has 106 valence electrons. The van der Waals surface area contributed by atoms with E-state index in [4.69, 9.17) is 5.73 Å². The molecule has 1 aromatic heterocycles. The maximum atomic E-state index is 12.1. The number of anilines is 1. The van der Waals surface area contributed by atoms with E-state index in [2.05, 4.69) is 14.7 Å². The normalized spacial score (nSPS) is 11.4. The molecule has 0 atom stereocenters. The third-order valence-electron chi connectivity index (χ3n) is 2.51. The van der Waals surface area contributed by atoms with E-state index in [1.54, 1.807) is 6.07 Å². The number of aryl methyl sites for hydroxylation is 1. The minimum atomic E-state index is -4.70. The zero-order valence-corrected chi connectivity index (χ0v) is 10.6. The molecule has 0 saturated carbocycles. The van der Waals surface area contributed by atoms with Crippen molar-refractivity contribution in [2.24, 2.45) is 0 Å². The summed E-state index contributed by atoms with van der Waals surface area (Å²) in [4.78, 5) is 8.33. The summed E-state index contributed by atoms with van der Waals surface area (Å²) in [6.45, 7) is 1.92. The highest BCUT2D eigenvalue weighted by Gasteiger charge is 2.30. The minimum absolute atomic E-state index is 0.291. The average Bonchev–Trinajstić information content (AvgIpc) is 2.37. The molecule has 4 nitrogen and oxygen atoms in total. The molecule has 0 aliphatic carbocycles. The van der Waals surface area contributed by atoms with Gasteiger partial charge in [0.2, 0.25) is 0 Å². The first-order valence-electron chi connectivity index (χ1n) is 5.87. The number of aromatic nitrogens is 2. The Morgan fingerprint density at radius 2 is 1.80 bits per heavy atom. The molecule has 0 bridgehead atoms. The summed E-state index contributed by atoms with van der Waals surface area (Å²) >= 11 is 0. The van der Waals surface area contributed by atoms with Crippen LogP contribution in [0.1, 0.15) is 12.6 Å². The number of benzene rings is 1. The third kappa shape index (κ3) is 3.59. The van der Waals surface area contributed by atoms with E-state index in [0.29, 0.717) is 23.6 Å². The van der Waals surface area contributed by atoms with Crippen molar-refractivity contribution in [2.45, 2.75) is 19.7 Å². The molecule has 0 unspecified atom stereocenters. The number of nitrogens with zero attached hydrogens (tertiary/aromatic N) is 2. The highest BCUT2D eigenvalue weighted by molar-refractivity contribution is 5.58. The van der Waals surface area contributed by atoms with Crippen LogP contribution in [-0.4, -0.2) is 16.3 Å². The first-order valence-corrected chi connectivity index (χ1v) is 5.87. The Morgan fingerprint density at radius 3 is 2.35 bits per heavy atom. The molecule has 0 saturated heterocycles. The highest BCUT2D eigenvalue weighted by Crippen LogP contribution is 2.25. The summed E-state index contributed by atoms with van der Waals surface area (Å²) in [5.74, 6) is 0.406. The van der Waals surface area contributed by atoms with Crippen LogP contribution in [0.4, 0.5) is 19.0 Å². The lowest BCUT2D eigenvalue weighted by atomic mass is 10.2. The maximum Gasteiger partial charge on any atom is 0.573 e. The smallest absolute Gasteiger partial charge is 0.406 e. The molecule has 2 rings (SSSR count). The molecule has 0 amide bonds. The molecule has 0 fully saturated rings. The van der Waals surface area contributed by atoms with Crippen molar-refractivity contribution in [2.75, 3.05) is 5.73 Å². The van der Waals surface area contributed by atoms with Gasteiger partial charge in [-0.15, -0.1) is 13.2 Å². The van der Waals surface area contributed by atoms with E-state index in [9.17, 15) is 13.2 Å². The van der Waals surface area contributed by atoms with E-state index < -0.39 is 6.36 Å². The summed E-state index contributed by atoms with van der Waals surface area (Å²) in [5, 5.41) is 0. The van der Waals surface area contributed by atoms with Gasteiger partial charge in [-0.25, -0.2) is 9.97 Å². The van der Waals surface area contributed by atoms with E-state index in [1.165, 1.54) is 24.3 Å². The van der Waals surface area contributed by atoms with Crippen molar-refractivity contribution in [1.29, 1.82) is 0 Å². The number of ether oxygens (including phenoxy) is 1. The standard InChI is InChI=1S/C13H12F3N3O/c1-2-9-7-11(17)19-12(18-9)8-3-5-10(6-4-8)20-13(14,15)16/h3-7H,2H2,1H3,(H2,17,18,19). The number of halogens is 3. The van der Waals surface area contributed by atoms with Crippen molar-refractivity contribution in [3.8, 4) is 17.1 Å². The number of hydrogen-bond donors (Lipinski definition) is 1. The summed E-state index contributed by atoms with van der Waals surface area (Å²) < 4.78 is 40.0. The molecule has 0 radical (unpaired) electrons. The van der Waals surface area contributed by atoms with Crippen LogP contribution >= 0.6 is 0 Å². The zero-order valence-electron chi connectivity index (χ0n) is 10.6. The largest absolute Gasteiger partial charge is 0.573 e. The zero-order chi connectivity index (χ0) is 14.8. The Bertz CT molecular complexity index is 597. The Morgan fingerprint density at radius 1 is 1.15 bits per heavy atom. The minimum Gasteiger partial charge on any atom is -0.406 e. The van der Waals surface area contributed by atoms with E-state index in [0.717, 1.165) is 5.69 Å². The van der Waals surface area contributed by atoms with Gasteiger partial charge < -0.3 is 10.5 Å². The van der Waals surface area contributed by atoms with Gasteiger partial charge in [-0.2, -0.15) is 0 Å². The molecule has 2 N–H and O–H groups in total. The van der Waals surface area contributed by atoms with Crippen LogP contribution in [0.15, 0.2) is 30.3 Å². The number of nitrogen functional groups attached to an aromatic ring is 1. The summed E-state index contributed by atoms with van der Waals surface area (Å²) in [6.07, 6.45) is -4.01. The number of alkyl halides is 3. The fourth-order valence-corrected chi connectivity index (χ4v) is 1.63. The molecule has 0 aliphatic heterocycles. The van der Waals surface area contributed by atoms with Gasteiger partial charge in [0.05, 0.1) is 0 Å². The molecule has 2 aromatic rings. The molecular formula is C13H12F3N3O. The van der Waals surface area contributed by atoms with Crippen molar-refractivity contribution in [3.05, 3.63) is 36.0 Å². The monoisotopic (exact) mass is 283 g/mol. The van der Waals surface area contributed by atoms with Gasteiger partial charge in [0.15, 0.2) is 5.82 Å². The van der Waals surface area contributed by atoms with Gasteiger partial charge in [-0.3, -0.25) is 0 Å². The SMILES string of the molecule is CCc1cc(N)nc(-c2ccc(OC(F)(F)F)cc2)n1. The van der Waals surface area contributed by atoms with E-state index in [1.807, 2.05) is 6.92 Å². The van der Waals surface area contributed by atoms with Crippen LogP contribution in [0.5, 0.6) is 5.75 Å². The van der Waals surface area contributed by atoms with Gasteiger partial charge in [0.1, 0.15) is 11.6 Å². The van der Waals surface area contributed by atoms with Crippen LogP contribution in [0.2, 0.25) is 0 Å². The Hall–Kier alpha value is -2.31. The Balaban J connectivity index is 2.28. The second-order valence-corrected chi connectivity index (χ2v) is 4.03. The molecular weight excluding hydrogens is 271 g/mol. The van der Waals surface area contributed by atoms with Crippen LogP contribution in [0.3, 0.4) is 0 Å². The van der Waals surface area contributed by atoms with Crippen LogP contribution < -0.4 is 10.5 Å². The predicted octanol–water partition coefficient (Wildman–Crippen LogP) is 3.19. The lowest BCUT2D eigenvalue weighted by molar-refractivity contribution is -0.274. The van der Waals surface area contributed by atoms with Crippen LogP contribution in [0, 0.1) is 0 Å². The third-order valence-corrected chi connectivity index (χ3v) is 2.51. The molecule has 20 heavy (non-hydrogen) atoms. The fourth-order valence-electron chi connectivity index (χ4n) is 1.63. The molecule has 0 spiro atoms. The number of rotatable bonds is 3. The van der Waals surface area contributed by atoms with E-state index >= 15 is 0 Å². The Labute approximate surface area is 113 Å². The number of nitrogens with two attached hydrogens (primary N) is 1. The summed E-state index contributed by atoms with van der Waals surface area (Å²) in [6, 6.07) is 6.98. The van der Waals surface area contributed by atoms with Crippen molar-refractivity contribution >= 4 is 5.82 Å². The summed E-state index contributed by atoms with van der Waals surface area (Å²) in [7, 11) is 0. The topological polar surface area (TPSA) is 61.0 Å². The van der Waals surface area contributed by atoms with Crippen molar-refractivity contribution in [1.82, 2.24) is 9.97 Å². The lowest BCUT2D eigenvalue weighted by Crippen LogP contribution is -2.16. The molecule has 1 heterocycles. The van der Waals surface area contributed by atoms with Gasteiger partial charge in [-0.05, 0) is 30.7 Å². The first-order chi connectivity index (χ1) is 9.37. The number of hydrogen-bond acceptors (Lipinski definition) is 4. The van der Waals surface area contributed by atoms with Gasteiger partial charge >= 0.3 is 6.36 Å². The quantitative estimate of drug-likeness (QED) is 0.939. The fraction of sp³-hybridized carbons (Fsp3) is 0.231. The van der Waals surface area contributed by atoms with E-state index in [-0.39, 0.29) is 5.75 Å². The van der Waals surface area contributed by atoms with Gasteiger partial charge in [-0.1, -0.05) is 6.92 Å². The summed E-state index contributed by atoms with van der Waals surface area (Å²) in [5.41, 5.74) is 7.00. The second kappa shape index (κ2) is 5.36. The maximum absolute atomic E-state index is 12.1. The van der Waals surface area contributed by atoms with Crippen LogP contribution in [-0.2, 0) is 6.42 Å². The van der Waals surface area contributed by atoms with Gasteiger partial charge in [0.25, 0.3) is 0 Å². The predicted molar refractivity (Wildman–Crippen MR) is 67.9 cm³/mol.